The second kappa shape index (κ2) is 8.21. The van der Waals surface area contributed by atoms with Crippen LogP contribution in [0.25, 0.3) is 0 Å². The number of halogens is 1. The molecule has 1 aliphatic rings. The predicted molar refractivity (Wildman–Crippen MR) is 65.1 cm³/mol. The summed E-state index contributed by atoms with van der Waals surface area (Å²) in [6, 6.07) is 0. The SMILES string of the molecule is CCNCCNS(=O)(=O)N1CCOCC1.Cl. The maximum absolute atomic E-state index is 11.7. The fourth-order valence-corrected chi connectivity index (χ4v) is 2.50. The summed E-state index contributed by atoms with van der Waals surface area (Å²) in [5, 5.41) is 3.05. The highest BCUT2D eigenvalue weighted by atomic mass is 35.5. The van der Waals surface area contributed by atoms with Crippen molar-refractivity contribution in [1.82, 2.24) is 14.3 Å². The van der Waals surface area contributed by atoms with Crippen LogP contribution in [0.2, 0.25) is 0 Å². The maximum Gasteiger partial charge on any atom is 0.279 e. The van der Waals surface area contributed by atoms with E-state index in [1.807, 2.05) is 6.92 Å². The highest BCUT2D eigenvalue weighted by Crippen LogP contribution is 2.01. The Hall–Kier alpha value is 0.0800. The van der Waals surface area contributed by atoms with Gasteiger partial charge in [0.2, 0.25) is 0 Å². The van der Waals surface area contributed by atoms with Gasteiger partial charge in [0.25, 0.3) is 10.2 Å². The van der Waals surface area contributed by atoms with Crippen molar-refractivity contribution in [3.05, 3.63) is 0 Å². The molecule has 8 heteroatoms. The van der Waals surface area contributed by atoms with E-state index in [9.17, 15) is 8.42 Å². The molecular formula is C8H20ClN3O3S. The fraction of sp³-hybridized carbons (Fsp3) is 1.00. The van der Waals surface area contributed by atoms with Gasteiger partial charge < -0.3 is 10.1 Å². The summed E-state index contributed by atoms with van der Waals surface area (Å²) < 4.78 is 32.4. The molecule has 6 nitrogen and oxygen atoms in total. The Morgan fingerprint density at radius 1 is 1.25 bits per heavy atom. The highest BCUT2D eigenvalue weighted by Gasteiger charge is 2.23. The standard InChI is InChI=1S/C8H19N3O3S.ClH/c1-2-9-3-4-10-15(12,13)11-5-7-14-8-6-11;/h9-10H,2-8H2,1H3;1H. The number of rotatable bonds is 6. The van der Waals surface area contributed by atoms with Crippen molar-refractivity contribution in [2.45, 2.75) is 6.92 Å². The van der Waals surface area contributed by atoms with Gasteiger partial charge in [0, 0.05) is 26.2 Å². The van der Waals surface area contributed by atoms with Gasteiger partial charge in [-0.3, -0.25) is 0 Å². The summed E-state index contributed by atoms with van der Waals surface area (Å²) in [5.74, 6) is 0. The molecule has 0 saturated carbocycles. The van der Waals surface area contributed by atoms with Crippen molar-refractivity contribution >= 4 is 22.6 Å². The van der Waals surface area contributed by atoms with E-state index in [1.165, 1.54) is 4.31 Å². The van der Waals surface area contributed by atoms with E-state index in [-0.39, 0.29) is 12.4 Å². The molecule has 1 saturated heterocycles. The third-order valence-electron chi connectivity index (χ3n) is 2.15. The average molecular weight is 274 g/mol. The number of nitrogens with one attached hydrogen (secondary N) is 2. The summed E-state index contributed by atoms with van der Waals surface area (Å²) in [6.07, 6.45) is 0. The van der Waals surface area contributed by atoms with E-state index in [1.54, 1.807) is 0 Å². The fourth-order valence-electron chi connectivity index (χ4n) is 1.32. The van der Waals surface area contributed by atoms with E-state index in [0.29, 0.717) is 39.4 Å². The van der Waals surface area contributed by atoms with Crippen LogP contribution in [0.3, 0.4) is 0 Å². The molecule has 1 heterocycles. The first-order chi connectivity index (χ1) is 7.17. The molecular weight excluding hydrogens is 254 g/mol. The average Bonchev–Trinajstić information content (AvgIpc) is 2.26. The Bertz CT molecular complexity index is 268. The quantitative estimate of drug-likeness (QED) is 0.621. The van der Waals surface area contributed by atoms with E-state index in [2.05, 4.69) is 10.0 Å². The molecule has 0 spiro atoms. The number of morpholine rings is 1. The molecule has 0 atom stereocenters. The predicted octanol–water partition coefficient (Wildman–Crippen LogP) is -0.816. The van der Waals surface area contributed by atoms with Gasteiger partial charge in [-0.05, 0) is 6.54 Å². The van der Waals surface area contributed by atoms with Crippen LogP contribution in [0.15, 0.2) is 0 Å². The lowest BCUT2D eigenvalue weighted by atomic mass is 10.5. The molecule has 0 unspecified atom stereocenters. The lowest BCUT2D eigenvalue weighted by Crippen LogP contribution is -2.47. The molecule has 1 aliphatic heterocycles. The van der Waals surface area contributed by atoms with Crippen LogP contribution in [-0.2, 0) is 14.9 Å². The number of hydrogen-bond acceptors (Lipinski definition) is 4. The summed E-state index contributed by atoms with van der Waals surface area (Å²) >= 11 is 0. The Labute approximate surface area is 103 Å². The van der Waals surface area contributed by atoms with Crippen molar-refractivity contribution < 1.29 is 13.2 Å². The Kier molecular flexibility index (Phi) is 8.25. The topological polar surface area (TPSA) is 70.7 Å². The smallest absolute Gasteiger partial charge is 0.279 e. The maximum atomic E-state index is 11.7. The number of likely N-dealkylation sites (N-methyl/N-ethyl adjacent to an activating group) is 1. The zero-order valence-electron chi connectivity index (χ0n) is 9.44. The molecule has 0 radical (unpaired) electrons. The van der Waals surface area contributed by atoms with Crippen LogP contribution in [0.1, 0.15) is 6.92 Å². The summed E-state index contributed by atoms with van der Waals surface area (Å²) in [7, 11) is -3.30. The van der Waals surface area contributed by atoms with Gasteiger partial charge in [-0.15, -0.1) is 12.4 Å². The molecule has 98 valence electrons. The Morgan fingerprint density at radius 2 is 1.88 bits per heavy atom. The highest BCUT2D eigenvalue weighted by molar-refractivity contribution is 7.87. The summed E-state index contributed by atoms with van der Waals surface area (Å²) in [6.45, 7) is 5.75. The molecule has 0 aromatic rings. The molecule has 0 aliphatic carbocycles. The normalized spacial score (nSPS) is 18.1. The number of ether oxygens (including phenoxy) is 1. The van der Waals surface area contributed by atoms with Crippen LogP contribution < -0.4 is 10.0 Å². The van der Waals surface area contributed by atoms with Crippen LogP contribution in [0.5, 0.6) is 0 Å². The molecule has 2 N–H and O–H groups in total. The molecule has 0 bridgehead atoms. The van der Waals surface area contributed by atoms with Gasteiger partial charge in [0.1, 0.15) is 0 Å². The van der Waals surface area contributed by atoms with Gasteiger partial charge in [-0.2, -0.15) is 12.7 Å². The molecule has 0 aromatic heterocycles. The van der Waals surface area contributed by atoms with Gasteiger partial charge in [-0.25, -0.2) is 4.72 Å². The van der Waals surface area contributed by atoms with Crippen LogP contribution in [-0.4, -0.2) is 58.7 Å². The molecule has 16 heavy (non-hydrogen) atoms. The van der Waals surface area contributed by atoms with Gasteiger partial charge in [-0.1, -0.05) is 6.92 Å². The van der Waals surface area contributed by atoms with Crippen LogP contribution in [0, 0.1) is 0 Å². The zero-order valence-corrected chi connectivity index (χ0v) is 11.1. The first kappa shape index (κ1) is 16.1. The zero-order chi connectivity index (χ0) is 11.1. The minimum absolute atomic E-state index is 0. The van der Waals surface area contributed by atoms with E-state index < -0.39 is 10.2 Å². The second-order valence-electron chi connectivity index (χ2n) is 3.26. The van der Waals surface area contributed by atoms with Gasteiger partial charge in [0.05, 0.1) is 13.2 Å². The first-order valence-corrected chi connectivity index (χ1v) is 6.64. The van der Waals surface area contributed by atoms with Crippen molar-refractivity contribution in [3.8, 4) is 0 Å². The minimum Gasteiger partial charge on any atom is -0.379 e. The van der Waals surface area contributed by atoms with Gasteiger partial charge in [0.15, 0.2) is 0 Å². The van der Waals surface area contributed by atoms with Gasteiger partial charge >= 0.3 is 0 Å². The van der Waals surface area contributed by atoms with E-state index >= 15 is 0 Å². The Balaban J connectivity index is 0.00000225. The Morgan fingerprint density at radius 3 is 2.44 bits per heavy atom. The monoisotopic (exact) mass is 273 g/mol. The van der Waals surface area contributed by atoms with Crippen LogP contribution >= 0.6 is 12.4 Å². The summed E-state index contributed by atoms with van der Waals surface area (Å²) in [5.41, 5.74) is 0. The van der Waals surface area contributed by atoms with E-state index in [4.69, 9.17) is 4.74 Å². The van der Waals surface area contributed by atoms with Crippen molar-refractivity contribution in [2.75, 3.05) is 45.9 Å². The summed E-state index contributed by atoms with van der Waals surface area (Å²) in [4.78, 5) is 0. The van der Waals surface area contributed by atoms with Crippen LogP contribution in [0.4, 0.5) is 0 Å². The lowest BCUT2D eigenvalue weighted by molar-refractivity contribution is 0.0725. The molecule has 1 rings (SSSR count). The second-order valence-corrected chi connectivity index (χ2v) is 5.02. The van der Waals surface area contributed by atoms with Crippen molar-refractivity contribution in [1.29, 1.82) is 0 Å². The minimum atomic E-state index is -3.30. The molecule has 0 amide bonds. The largest absolute Gasteiger partial charge is 0.379 e. The number of nitrogens with zero attached hydrogens (tertiary/aromatic N) is 1. The number of hydrogen-bond donors (Lipinski definition) is 2. The van der Waals surface area contributed by atoms with E-state index in [0.717, 1.165) is 6.54 Å². The third-order valence-corrected chi connectivity index (χ3v) is 3.76. The first-order valence-electron chi connectivity index (χ1n) is 5.20. The molecule has 1 fully saturated rings. The van der Waals surface area contributed by atoms with Crippen molar-refractivity contribution in [2.24, 2.45) is 0 Å². The third kappa shape index (κ3) is 5.42. The molecule has 0 aromatic carbocycles. The lowest BCUT2D eigenvalue weighted by Gasteiger charge is -2.26. The van der Waals surface area contributed by atoms with Crippen molar-refractivity contribution in [3.63, 3.8) is 0 Å².